The number of fused-ring (bicyclic) bond motifs is 3. The van der Waals surface area contributed by atoms with Crippen molar-refractivity contribution in [3.63, 3.8) is 0 Å². The number of aryl methyl sites for hydroxylation is 1. The molecule has 4 aromatic carbocycles. The monoisotopic (exact) mass is 359 g/mol. The molecule has 0 saturated carbocycles. The second kappa shape index (κ2) is 6.86. The van der Waals surface area contributed by atoms with Crippen molar-refractivity contribution < 1.29 is 0 Å². The van der Waals surface area contributed by atoms with Crippen molar-refractivity contribution in [1.29, 1.82) is 0 Å². The molecule has 0 fully saturated rings. The van der Waals surface area contributed by atoms with E-state index in [2.05, 4.69) is 115 Å². The van der Waals surface area contributed by atoms with Gasteiger partial charge in [0.15, 0.2) is 0 Å². The molecular formula is C27H21N. The van der Waals surface area contributed by atoms with E-state index in [1.807, 2.05) is 0 Å². The quantitative estimate of drug-likeness (QED) is 0.350. The van der Waals surface area contributed by atoms with Crippen molar-refractivity contribution in [2.24, 2.45) is 0 Å². The second-order valence-corrected chi connectivity index (χ2v) is 7.16. The van der Waals surface area contributed by atoms with Crippen LogP contribution in [0.3, 0.4) is 0 Å². The molecule has 0 atom stereocenters. The summed E-state index contributed by atoms with van der Waals surface area (Å²) >= 11 is 0. The molecule has 0 saturated heterocycles. The van der Waals surface area contributed by atoms with Crippen LogP contribution in [0.15, 0.2) is 97.1 Å². The van der Waals surface area contributed by atoms with Gasteiger partial charge in [-0.05, 0) is 52.1 Å². The van der Waals surface area contributed by atoms with Crippen LogP contribution in [-0.2, 0) is 0 Å². The minimum absolute atomic E-state index is 1.16. The van der Waals surface area contributed by atoms with Crippen LogP contribution in [0.2, 0.25) is 0 Å². The van der Waals surface area contributed by atoms with E-state index in [1.54, 1.807) is 0 Å². The van der Waals surface area contributed by atoms with Gasteiger partial charge in [-0.3, -0.25) is 0 Å². The first kappa shape index (κ1) is 16.6. The van der Waals surface area contributed by atoms with E-state index in [0.29, 0.717) is 0 Å². The highest BCUT2D eigenvalue weighted by atomic mass is 14.7. The van der Waals surface area contributed by atoms with Gasteiger partial charge in [-0.1, -0.05) is 91.0 Å². The topological polar surface area (TPSA) is 15.8 Å². The third-order valence-electron chi connectivity index (χ3n) is 5.44. The maximum Gasteiger partial charge on any atom is 0.0467 e. The fourth-order valence-corrected chi connectivity index (χ4v) is 4.01. The van der Waals surface area contributed by atoms with E-state index in [-0.39, 0.29) is 0 Å². The number of aromatic amines is 1. The summed E-state index contributed by atoms with van der Waals surface area (Å²) in [5.74, 6) is 0. The zero-order valence-electron chi connectivity index (χ0n) is 15.8. The van der Waals surface area contributed by atoms with Gasteiger partial charge in [0, 0.05) is 16.6 Å². The first-order valence-electron chi connectivity index (χ1n) is 9.64. The molecular weight excluding hydrogens is 338 g/mol. The molecule has 1 aromatic heterocycles. The molecule has 0 amide bonds. The van der Waals surface area contributed by atoms with E-state index in [4.69, 9.17) is 0 Å². The molecule has 0 unspecified atom stereocenters. The number of aromatic nitrogens is 1. The van der Waals surface area contributed by atoms with Gasteiger partial charge in [-0.25, -0.2) is 0 Å². The van der Waals surface area contributed by atoms with Gasteiger partial charge in [0.25, 0.3) is 0 Å². The maximum atomic E-state index is 3.65. The number of hydrogen-bond donors (Lipinski definition) is 1. The average Bonchev–Trinajstić information content (AvgIpc) is 3.09. The van der Waals surface area contributed by atoms with Gasteiger partial charge in [0.05, 0.1) is 0 Å². The van der Waals surface area contributed by atoms with Gasteiger partial charge in [-0.2, -0.15) is 0 Å². The lowest BCUT2D eigenvalue weighted by molar-refractivity contribution is 1.38. The Morgan fingerprint density at radius 1 is 0.679 bits per heavy atom. The Bertz CT molecular complexity index is 1250. The summed E-state index contributed by atoms with van der Waals surface area (Å²) in [6.07, 6.45) is 2.29. The molecule has 5 aromatic rings. The fraction of sp³-hybridized carbons (Fsp3) is 0.0370. The summed E-state index contributed by atoms with van der Waals surface area (Å²) in [5.41, 5.74) is 7.29. The molecule has 0 radical (unpaired) electrons. The van der Waals surface area contributed by atoms with E-state index < -0.39 is 0 Å². The smallest absolute Gasteiger partial charge is 0.0467 e. The Kier molecular flexibility index (Phi) is 4.06. The Hall–Kier alpha value is -3.58. The lowest BCUT2D eigenvalue weighted by atomic mass is 9.96. The average molecular weight is 359 g/mol. The van der Waals surface area contributed by atoms with Gasteiger partial charge < -0.3 is 4.98 Å². The molecule has 5 rings (SSSR count). The summed E-state index contributed by atoms with van der Waals surface area (Å²) < 4.78 is 0. The molecule has 1 N–H and O–H groups in total. The summed E-state index contributed by atoms with van der Waals surface area (Å²) in [6, 6.07) is 34.2. The SMILES string of the molecule is Cc1c(C=C(c2ccccc2)c2ccccc2)[nH]c2ccc3ccccc3c12. The van der Waals surface area contributed by atoms with Crippen molar-refractivity contribution >= 4 is 33.3 Å². The number of hydrogen-bond acceptors (Lipinski definition) is 0. The summed E-state index contributed by atoms with van der Waals surface area (Å²) in [6.45, 7) is 2.21. The molecule has 0 aliphatic rings. The largest absolute Gasteiger partial charge is 0.355 e. The van der Waals surface area contributed by atoms with E-state index in [0.717, 1.165) is 5.69 Å². The van der Waals surface area contributed by atoms with Crippen LogP contribution >= 0.6 is 0 Å². The molecule has 0 bridgehead atoms. The van der Waals surface area contributed by atoms with Crippen molar-refractivity contribution in [3.05, 3.63) is 119 Å². The maximum absolute atomic E-state index is 3.65. The van der Waals surface area contributed by atoms with Gasteiger partial charge in [0.2, 0.25) is 0 Å². The number of nitrogens with one attached hydrogen (secondary N) is 1. The Balaban J connectivity index is 1.76. The molecule has 0 aliphatic carbocycles. The molecule has 134 valence electrons. The summed E-state index contributed by atoms with van der Waals surface area (Å²) in [7, 11) is 0. The first-order chi connectivity index (χ1) is 13.8. The molecule has 0 aliphatic heterocycles. The van der Waals surface area contributed by atoms with Crippen LogP contribution in [0.25, 0.3) is 33.3 Å². The second-order valence-electron chi connectivity index (χ2n) is 7.16. The van der Waals surface area contributed by atoms with Crippen molar-refractivity contribution in [2.45, 2.75) is 6.92 Å². The fourth-order valence-electron chi connectivity index (χ4n) is 4.01. The number of benzene rings is 4. The molecule has 1 heteroatoms. The van der Waals surface area contributed by atoms with E-state index in [9.17, 15) is 0 Å². The lowest BCUT2D eigenvalue weighted by Crippen LogP contribution is -1.89. The Morgan fingerprint density at radius 3 is 1.96 bits per heavy atom. The summed E-state index contributed by atoms with van der Waals surface area (Å²) in [5, 5.41) is 3.89. The third kappa shape index (κ3) is 2.82. The van der Waals surface area contributed by atoms with Gasteiger partial charge in [0.1, 0.15) is 0 Å². The van der Waals surface area contributed by atoms with Crippen LogP contribution < -0.4 is 0 Å². The highest BCUT2D eigenvalue weighted by Gasteiger charge is 2.11. The Morgan fingerprint density at radius 2 is 1.29 bits per heavy atom. The lowest BCUT2D eigenvalue weighted by Gasteiger charge is -2.09. The normalized spacial score (nSPS) is 11.0. The molecule has 1 heterocycles. The first-order valence-corrected chi connectivity index (χ1v) is 9.64. The van der Waals surface area contributed by atoms with Crippen LogP contribution in [-0.4, -0.2) is 4.98 Å². The van der Waals surface area contributed by atoms with Crippen LogP contribution in [0.1, 0.15) is 22.4 Å². The summed E-state index contributed by atoms with van der Waals surface area (Å²) in [4.78, 5) is 3.65. The molecule has 28 heavy (non-hydrogen) atoms. The van der Waals surface area contributed by atoms with Crippen LogP contribution in [0.4, 0.5) is 0 Å². The predicted octanol–water partition coefficient (Wildman–Crippen LogP) is 7.22. The number of H-pyrrole nitrogens is 1. The zero-order valence-corrected chi connectivity index (χ0v) is 15.8. The minimum atomic E-state index is 1.16. The highest BCUT2D eigenvalue weighted by molar-refractivity contribution is 6.10. The predicted molar refractivity (Wildman–Crippen MR) is 120 cm³/mol. The molecule has 0 spiro atoms. The Labute approximate surface area is 165 Å². The van der Waals surface area contributed by atoms with Crippen LogP contribution in [0.5, 0.6) is 0 Å². The minimum Gasteiger partial charge on any atom is -0.355 e. The van der Waals surface area contributed by atoms with Crippen molar-refractivity contribution in [1.82, 2.24) is 4.98 Å². The van der Waals surface area contributed by atoms with Gasteiger partial charge >= 0.3 is 0 Å². The number of rotatable bonds is 3. The van der Waals surface area contributed by atoms with Crippen LogP contribution in [0, 0.1) is 6.92 Å². The van der Waals surface area contributed by atoms with E-state index >= 15 is 0 Å². The van der Waals surface area contributed by atoms with Crippen molar-refractivity contribution in [2.75, 3.05) is 0 Å². The van der Waals surface area contributed by atoms with E-state index in [1.165, 1.54) is 43.9 Å². The highest BCUT2D eigenvalue weighted by Crippen LogP contribution is 2.33. The van der Waals surface area contributed by atoms with Gasteiger partial charge in [-0.15, -0.1) is 0 Å². The molecule has 1 nitrogen and oxygen atoms in total. The standard InChI is InChI=1S/C27H21N/c1-19-26(28-25-17-16-22-14-8-9-15-23(22)27(19)25)18-24(20-10-4-2-5-11-20)21-12-6-3-7-13-21/h2-18,28H,1H3. The zero-order chi connectivity index (χ0) is 18.9. The van der Waals surface area contributed by atoms with Crippen molar-refractivity contribution in [3.8, 4) is 0 Å². The third-order valence-corrected chi connectivity index (χ3v) is 5.44.